The Morgan fingerprint density at radius 2 is 1.52 bits per heavy atom. The lowest BCUT2D eigenvalue weighted by Gasteiger charge is -2.34. The van der Waals surface area contributed by atoms with Crippen molar-refractivity contribution in [2.45, 2.75) is 45.8 Å². The van der Waals surface area contributed by atoms with Crippen LogP contribution in [0.15, 0.2) is 78.9 Å². The lowest BCUT2D eigenvalue weighted by atomic mass is 10.0. The fourth-order valence-electron chi connectivity index (χ4n) is 4.29. The van der Waals surface area contributed by atoms with Crippen LogP contribution < -0.4 is 9.62 Å². The summed E-state index contributed by atoms with van der Waals surface area (Å²) in [6.45, 7) is 4.65. The number of non-ortho nitro benzene ring substituents is 1. The standard InChI is InChI=1S/C29H34N4O6S/c1-21(2)30-29(35)27(17-23-11-7-5-8-12-23)31(19-24-13-9-6-10-14-24)28(34)20-32(40(4,38)39)26-18-25(33(36)37)16-15-22(26)3/h5-16,18,21,27H,17,19-20H2,1-4H3,(H,30,35)/t27-/m0/s1. The van der Waals surface area contributed by atoms with Crippen LogP contribution in [0.5, 0.6) is 0 Å². The van der Waals surface area contributed by atoms with Crippen LogP contribution in [0.2, 0.25) is 0 Å². The van der Waals surface area contributed by atoms with E-state index in [-0.39, 0.29) is 36.3 Å². The average Bonchev–Trinajstić information content (AvgIpc) is 2.89. The van der Waals surface area contributed by atoms with Crippen LogP contribution in [0.3, 0.4) is 0 Å². The number of hydrogen-bond acceptors (Lipinski definition) is 6. The van der Waals surface area contributed by atoms with Gasteiger partial charge in [-0.25, -0.2) is 8.42 Å². The number of rotatable bonds is 12. The molecule has 0 saturated heterocycles. The Bertz CT molecular complexity index is 1450. The second kappa shape index (κ2) is 13.2. The SMILES string of the molecule is Cc1ccc([N+](=O)[O-])cc1N(CC(=O)N(Cc1ccccc1)[C@@H](Cc1ccccc1)C(=O)NC(C)C)S(C)(=O)=O. The van der Waals surface area contributed by atoms with Gasteiger partial charge in [0, 0.05) is 31.1 Å². The third-order valence-electron chi connectivity index (χ3n) is 6.25. The summed E-state index contributed by atoms with van der Waals surface area (Å²) in [7, 11) is -4.05. The van der Waals surface area contributed by atoms with E-state index < -0.39 is 33.4 Å². The zero-order valence-corrected chi connectivity index (χ0v) is 23.8. The van der Waals surface area contributed by atoms with Crippen molar-refractivity contribution in [2.75, 3.05) is 17.1 Å². The zero-order valence-electron chi connectivity index (χ0n) is 23.0. The second-order valence-electron chi connectivity index (χ2n) is 9.87. The summed E-state index contributed by atoms with van der Waals surface area (Å²) in [6, 6.07) is 21.0. The van der Waals surface area contributed by atoms with Gasteiger partial charge in [-0.15, -0.1) is 0 Å². The topological polar surface area (TPSA) is 130 Å². The number of anilines is 1. The third-order valence-corrected chi connectivity index (χ3v) is 7.38. The summed E-state index contributed by atoms with van der Waals surface area (Å²) in [6.07, 6.45) is 1.14. The summed E-state index contributed by atoms with van der Waals surface area (Å²) in [5.41, 5.74) is 1.74. The first-order valence-corrected chi connectivity index (χ1v) is 14.6. The molecule has 0 saturated carbocycles. The molecule has 0 aliphatic heterocycles. The first kappa shape index (κ1) is 30.3. The molecule has 3 rings (SSSR count). The molecule has 212 valence electrons. The number of nitrogens with one attached hydrogen (secondary N) is 1. The molecule has 0 radical (unpaired) electrons. The van der Waals surface area contributed by atoms with Gasteiger partial charge in [0.05, 0.1) is 16.9 Å². The van der Waals surface area contributed by atoms with E-state index in [2.05, 4.69) is 5.32 Å². The van der Waals surface area contributed by atoms with Crippen LogP contribution in [0, 0.1) is 17.0 Å². The van der Waals surface area contributed by atoms with Gasteiger partial charge in [0.25, 0.3) is 5.69 Å². The Morgan fingerprint density at radius 3 is 2.05 bits per heavy atom. The Morgan fingerprint density at radius 1 is 0.950 bits per heavy atom. The number of nitrogens with zero attached hydrogens (tertiary/aromatic N) is 3. The van der Waals surface area contributed by atoms with Crippen molar-refractivity contribution in [3.05, 3.63) is 106 Å². The van der Waals surface area contributed by atoms with E-state index >= 15 is 0 Å². The van der Waals surface area contributed by atoms with E-state index in [1.165, 1.54) is 17.0 Å². The van der Waals surface area contributed by atoms with E-state index in [9.17, 15) is 28.1 Å². The number of benzene rings is 3. The van der Waals surface area contributed by atoms with Gasteiger partial charge in [-0.2, -0.15) is 0 Å². The minimum absolute atomic E-state index is 0.0240. The van der Waals surface area contributed by atoms with Crippen molar-refractivity contribution in [3.63, 3.8) is 0 Å². The molecule has 0 aliphatic carbocycles. The number of nitro groups is 1. The minimum Gasteiger partial charge on any atom is -0.352 e. The molecule has 1 atom stereocenters. The van der Waals surface area contributed by atoms with Crippen molar-refractivity contribution < 1.29 is 22.9 Å². The van der Waals surface area contributed by atoms with Crippen molar-refractivity contribution in [2.24, 2.45) is 0 Å². The van der Waals surface area contributed by atoms with Crippen LogP contribution in [-0.4, -0.2) is 54.9 Å². The maximum absolute atomic E-state index is 14.0. The van der Waals surface area contributed by atoms with Gasteiger partial charge in [0.1, 0.15) is 12.6 Å². The molecule has 10 nitrogen and oxygen atoms in total. The molecule has 0 fully saturated rings. The number of aryl methyl sites for hydroxylation is 1. The smallest absolute Gasteiger partial charge is 0.271 e. The predicted octanol–water partition coefficient (Wildman–Crippen LogP) is 3.83. The Hall–Kier alpha value is -4.25. The Kier molecular flexibility index (Phi) is 10.0. The van der Waals surface area contributed by atoms with E-state index in [4.69, 9.17) is 0 Å². The number of hydrogen-bond donors (Lipinski definition) is 1. The van der Waals surface area contributed by atoms with Crippen molar-refractivity contribution in [3.8, 4) is 0 Å². The van der Waals surface area contributed by atoms with Crippen LogP contribution in [0.25, 0.3) is 0 Å². The minimum atomic E-state index is -4.05. The molecule has 0 heterocycles. The highest BCUT2D eigenvalue weighted by Gasteiger charge is 2.34. The highest BCUT2D eigenvalue weighted by Crippen LogP contribution is 2.28. The normalized spacial score (nSPS) is 12.0. The van der Waals surface area contributed by atoms with E-state index in [0.717, 1.165) is 27.8 Å². The lowest BCUT2D eigenvalue weighted by molar-refractivity contribution is -0.384. The molecule has 3 aromatic carbocycles. The summed E-state index contributed by atoms with van der Waals surface area (Å²) >= 11 is 0. The van der Waals surface area contributed by atoms with Gasteiger partial charge >= 0.3 is 0 Å². The van der Waals surface area contributed by atoms with Gasteiger partial charge in [0.15, 0.2) is 0 Å². The van der Waals surface area contributed by atoms with Gasteiger partial charge in [-0.3, -0.25) is 24.0 Å². The van der Waals surface area contributed by atoms with Gasteiger partial charge < -0.3 is 10.2 Å². The Balaban J connectivity index is 2.09. The predicted molar refractivity (Wildman–Crippen MR) is 154 cm³/mol. The molecule has 0 aromatic heterocycles. The fraction of sp³-hybridized carbons (Fsp3) is 0.310. The summed E-state index contributed by atoms with van der Waals surface area (Å²) in [5.74, 6) is -0.999. The number of carbonyl (C=O) groups is 2. The van der Waals surface area contributed by atoms with Gasteiger partial charge in [0.2, 0.25) is 21.8 Å². The van der Waals surface area contributed by atoms with Crippen LogP contribution in [0.1, 0.15) is 30.5 Å². The van der Waals surface area contributed by atoms with Crippen molar-refractivity contribution in [1.29, 1.82) is 0 Å². The van der Waals surface area contributed by atoms with E-state index in [1.54, 1.807) is 6.92 Å². The molecule has 0 unspecified atom stereocenters. The maximum Gasteiger partial charge on any atom is 0.271 e. The maximum atomic E-state index is 14.0. The molecule has 1 N–H and O–H groups in total. The highest BCUT2D eigenvalue weighted by atomic mass is 32.2. The largest absolute Gasteiger partial charge is 0.352 e. The van der Waals surface area contributed by atoms with Crippen molar-refractivity contribution in [1.82, 2.24) is 10.2 Å². The number of sulfonamides is 1. The van der Waals surface area contributed by atoms with Crippen molar-refractivity contribution >= 4 is 33.2 Å². The average molecular weight is 567 g/mol. The molecular formula is C29H34N4O6S. The molecule has 0 aliphatic rings. The monoisotopic (exact) mass is 566 g/mol. The highest BCUT2D eigenvalue weighted by molar-refractivity contribution is 7.92. The lowest BCUT2D eigenvalue weighted by Crippen LogP contribution is -2.54. The van der Waals surface area contributed by atoms with E-state index in [0.29, 0.717) is 5.56 Å². The number of amides is 2. The molecule has 3 aromatic rings. The summed E-state index contributed by atoms with van der Waals surface area (Å²) in [5, 5.41) is 14.3. The van der Waals surface area contributed by atoms with Crippen LogP contribution >= 0.6 is 0 Å². The van der Waals surface area contributed by atoms with Crippen LogP contribution in [0.4, 0.5) is 11.4 Å². The molecular weight excluding hydrogens is 532 g/mol. The van der Waals surface area contributed by atoms with E-state index in [1.807, 2.05) is 74.5 Å². The molecule has 40 heavy (non-hydrogen) atoms. The summed E-state index contributed by atoms with van der Waals surface area (Å²) < 4.78 is 26.7. The third kappa shape index (κ3) is 8.12. The molecule has 2 amide bonds. The first-order chi connectivity index (χ1) is 18.9. The molecule has 11 heteroatoms. The first-order valence-electron chi connectivity index (χ1n) is 12.8. The number of nitro benzene ring substituents is 1. The number of carbonyl (C=O) groups excluding carboxylic acids is 2. The molecule has 0 spiro atoms. The summed E-state index contributed by atoms with van der Waals surface area (Å²) in [4.78, 5) is 39.7. The van der Waals surface area contributed by atoms with Crippen LogP contribution in [-0.2, 0) is 32.6 Å². The second-order valence-corrected chi connectivity index (χ2v) is 11.8. The van der Waals surface area contributed by atoms with Gasteiger partial charge in [-0.05, 0) is 37.5 Å². The van der Waals surface area contributed by atoms with Gasteiger partial charge in [-0.1, -0.05) is 66.7 Å². The zero-order chi connectivity index (χ0) is 29.4. The Labute approximate surface area is 234 Å². The fourth-order valence-corrected chi connectivity index (χ4v) is 5.19. The quantitative estimate of drug-likeness (QED) is 0.262. The molecule has 0 bridgehead atoms.